The van der Waals surface area contributed by atoms with Gasteiger partial charge in [0.05, 0.1) is 16.4 Å². The Kier molecular flexibility index (Phi) is 5.36. The first kappa shape index (κ1) is 14.5. The van der Waals surface area contributed by atoms with Crippen molar-refractivity contribution < 1.29 is 4.79 Å². The summed E-state index contributed by atoms with van der Waals surface area (Å²) in [6, 6.07) is 5.85. The molecule has 2 aromatic heterocycles. The van der Waals surface area contributed by atoms with Gasteiger partial charge in [-0.15, -0.1) is 11.3 Å². The maximum atomic E-state index is 11.8. The van der Waals surface area contributed by atoms with Crippen LogP contribution >= 0.6 is 38.9 Å². The maximum absolute atomic E-state index is 11.8. The van der Waals surface area contributed by atoms with E-state index >= 15 is 0 Å². The lowest BCUT2D eigenvalue weighted by atomic mass is 10.2. The SMILES string of the molecule is O=C(CCCc1cccs1)Nc1cnc(Cl)c(Br)c1. The first-order valence-corrected chi connectivity index (χ1v) is 7.83. The van der Waals surface area contributed by atoms with Crippen molar-refractivity contribution in [2.24, 2.45) is 0 Å². The van der Waals surface area contributed by atoms with E-state index in [0.29, 0.717) is 21.7 Å². The highest BCUT2D eigenvalue weighted by Crippen LogP contribution is 2.23. The van der Waals surface area contributed by atoms with Crippen LogP contribution in [0.4, 0.5) is 5.69 Å². The van der Waals surface area contributed by atoms with Crippen LogP contribution in [-0.2, 0) is 11.2 Å². The molecule has 0 unspecified atom stereocenters. The number of halogens is 2. The predicted octanol–water partition coefficient (Wildman–Crippen LogP) is 4.52. The first-order valence-electron chi connectivity index (χ1n) is 5.78. The lowest BCUT2D eigenvalue weighted by Crippen LogP contribution is -2.11. The molecule has 0 saturated heterocycles. The number of carbonyl (C=O) groups excluding carboxylic acids is 1. The fraction of sp³-hybridized carbons (Fsp3) is 0.231. The molecule has 0 fully saturated rings. The Morgan fingerprint density at radius 3 is 3.05 bits per heavy atom. The number of amides is 1. The van der Waals surface area contributed by atoms with Gasteiger partial charge < -0.3 is 5.32 Å². The third-order valence-electron chi connectivity index (χ3n) is 2.49. The molecule has 3 nitrogen and oxygen atoms in total. The van der Waals surface area contributed by atoms with Crippen LogP contribution in [-0.4, -0.2) is 10.9 Å². The summed E-state index contributed by atoms with van der Waals surface area (Å²) in [5, 5.41) is 5.24. The Bertz CT molecular complexity index is 560. The van der Waals surface area contributed by atoms with Gasteiger partial charge in [-0.25, -0.2) is 4.98 Å². The molecule has 0 aromatic carbocycles. The number of thiophene rings is 1. The van der Waals surface area contributed by atoms with Gasteiger partial charge in [-0.1, -0.05) is 17.7 Å². The van der Waals surface area contributed by atoms with Gasteiger partial charge >= 0.3 is 0 Å². The molecule has 0 radical (unpaired) electrons. The van der Waals surface area contributed by atoms with Gasteiger partial charge in [0.1, 0.15) is 5.15 Å². The van der Waals surface area contributed by atoms with E-state index in [-0.39, 0.29) is 5.91 Å². The van der Waals surface area contributed by atoms with Crippen molar-refractivity contribution in [2.45, 2.75) is 19.3 Å². The molecule has 0 aliphatic rings. The number of aromatic nitrogens is 1. The molecule has 0 spiro atoms. The number of aryl methyl sites for hydroxylation is 1. The average molecular weight is 360 g/mol. The number of anilines is 1. The van der Waals surface area contributed by atoms with Gasteiger partial charge in [-0.2, -0.15) is 0 Å². The summed E-state index contributed by atoms with van der Waals surface area (Å²) >= 11 is 10.8. The van der Waals surface area contributed by atoms with Crippen LogP contribution in [0.25, 0.3) is 0 Å². The molecule has 1 N–H and O–H groups in total. The summed E-state index contributed by atoms with van der Waals surface area (Å²) in [6.07, 6.45) is 3.82. The number of hydrogen-bond donors (Lipinski definition) is 1. The van der Waals surface area contributed by atoms with Gasteiger partial charge in [0.2, 0.25) is 5.91 Å². The second-order valence-electron chi connectivity index (χ2n) is 3.98. The number of carbonyl (C=O) groups is 1. The fourth-order valence-electron chi connectivity index (χ4n) is 1.59. The van der Waals surface area contributed by atoms with Crippen molar-refractivity contribution in [1.29, 1.82) is 0 Å². The minimum atomic E-state index is -0.00687. The standard InChI is InChI=1S/C13H12BrClN2OS/c14-11-7-9(8-16-13(11)15)17-12(18)5-1-3-10-4-2-6-19-10/h2,4,6-8H,1,3,5H2,(H,17,18). The largest absolute Gasteiger partial charge is 0.325 e. The van der Waals surface area contributed by atoms with Gasteiger partial charge in [0.25, 0.3) is 0 Å². The van der Waals surface area contributed by atoms with Crippen LogP contribution < -0.4 is 5.32 Å². The normalized spacial score (nSPS) is 10.4. The molecule has 6 heteroatoms. The monoisotopic (exact) mass is 358 g/mol. The highest BCUT2D eigenvalue weighted by atomic mass is 79.9. The van der Waals surface area contributed by atoms with Crippen LogP contribution in [0.15, 0.2) is 34.2 Å². The zero-order chi connectivity index (χ0) is 13.7. The third-order valence-corrected chi connectivity index (χ3v) is 4.56. The van der Waals surface area contributed by atoms with Gasteiger partial charge in [-0.05, 0) is 46.3 Å². The molecule has 2 rings (SSSR count). The number of pyridine rings is 1. The summed E-state index contributed by atoms with van der Waals surface area (Å²) in [7, 11) is 0. The number of nitrogens with zero attached hydrogens (tertiary/aromatic N) is 1. The minimum absolute atomic E-state index is 0.00687. The Morgan fingerprint density at radius 2 is 2.37 bits per heavy atom. The molecule has 1 amide bonds. The minimum Gasteiger partial charge on any atom is -0.325 e. The van der Waals surface area contributed by atoms with E-state index in [1.807, 2.05) is 11.4 Å². The van der Waals surface area contributed by atoms with E-state index in [1.165, 1.54) is 4.88 Å². The van der Waals surface area contributed by atoms with Crippen molar-refractivity contribution in [3.05, 3.63) is 44.3 Å². The molecule has 0 saturated carbocycles. The van der Waals surface area contributed by atoms with Crippen LogP contribution in [0.3, 0.4) is 0 Å². The first-order chi connectivity index (χ1) is 9.15. The van der Waals surface area contributed by atoms with E-state index in [4.69, 9.17) is 11.6 Å². The van der Waals surface area contributed by atoms with Crippen molar-refractivity contribution in [3.63, 3.8) is 0 Å². The molecule has 19 heavy (non-hydrogen) atoms. The lowest BCUT2D eigenvalue weighted by Gasteiger charge is -2.05. The Morgan fingerprint density at radius 1 is 1.53 bits per heavy atom. The molecule has 2 aromatic rings. The highest BCUT2D eigenvalue weighted by Gasteiger charge is 2.05. The van der Waals surface area contributed by atoms with Crippen molar-refractivity contribution in [3.8, 4) is 0 Å². The molecule has 0 bridgehead atoms. The molecule has 0 aliphatic heterocycles. The summed E-state index contributed by atoms with van der Waals surface area (Å²) < 4.78 is 0.672. The van der Waals surface area contributed by atoms with Crippen LogP contribution in [0, 0.1) is 0 Å². The second kappa shape index (κ2) is 7.03. The zero-order valence-corrected chi connectivity index (χ0v) is 13.2. The van der Waals surface area contributed by atoms with Gasteiger partial charge in [0, 0.05) is 11.3 Å². The Labute approximate surface area is 129 Å². The van der Waals surface area contributed by atoms with Crippen LogP contribution in [0.5, 0.6) is 0 Å². The summed E-state index contributed by atoms with van der Waals surface area (Å²) in [5.74, 6) is -0.00687. The number of hydrogen-bond acceptors (Lipinski definition) is 3. The predicted molar refractivity (Wildman–Crippen MR) is 82.8 cm³/mol. The Balaban J connectivity index is 1.79. The maximum Gasteiger partial charge on any atom is 0.224 e. The highest BCUT2D eigenvalue weighted by molar-refractivity contribution is 9.10. The molecule has 100 valence electrons. The number of nitrogens with one attached hydrogen (secondary N) is 1. The van der Waals surface area contributed by atoms with Crippen molar-refractivity contribution >= 4 is 50.5 Å². The quantitative estimate of drug-likeness (QED) is 0.797. The van der Waals surface area contributed by atoms with Crippen LogP contribution in [0.2, 0.25) is 5.15 Å². The van der Waals surface area contributed by atoms with Gasteiger partial charge in [0.15, 0.2) is 0 Å². The molecule has 0 aliphatic carbocycles. The topological polar surface area (TPSA) is 42.0 Å². The third kappa shape index (κ3) is 4.60. The molecular weight excluding hydrogens is 348 g/mol. The summed E-state index contributed by atoms with van der Waals surface area (Å²) in [6.45, 7) is 0. The van der Waals surface area contributed by atoms with Crippen molar-refractivity contribution in [2.75, 3.05) is 5.32 Å². The average Bonchev–Trinajstić information content (AvgIpc) is 2.87. The number of rotatable bonds is 5. The van der Waals surface area contributed by atoms with Crippen molar-refractivity contribution in [1.82, 2.24) is 4.98 Å². The molecule has 2 heterocycles. The second-order valence-corrected chi connectivity index (χ2v) is 6.22. The van der Waals surface area contributed by atoms with E-state index in [9.17, 15) is 4.79 Å². The fourth-order valence-corrected chi connectivity index (χ4v) is 2.79. The molecular formula is C13H12BrClN2OS. The molecule has 0 atom stereocenters. The summed E-state index contributed by atoms with van der Waals surface area (Å²) in [5.41, 5.74) is 0.650. The van der Waals surface area contributed by atoms with Crippen LogP contribution in [0.1, 0.15) is 17.7 Å². The van der Waals surface area contributed by atoms with Gasteiger partial charge in [-0.3, -0.25) is 4.79 Å². The van der Waals surface area contributed by atoms with E-state index in [1.54, 1.807) is 23.6 Å². The van der Waals surface area contributed by atoms with E-state index in [2.05, 4.69) is 32.3 Å². The zero-order valence-electron chi connectivity index (χ0n) is 10.0. The Hall–Kier alpha value is -0.910. The lowest BCUT2D eigenvalue weighted by molar-refractivity contribution is -0.116. The van der Waals surface area contributed by atoms with E-state index < -0.39 is 0 Å². The summed E-state index contributed by atoms with van der Waals surface area (Å²) in [4.78, 5) is 17.0. The smallest absolute Gasteiger partial charge is 0.224 e. The van der Waals surface area contributed by atoms with E-state index in [0.717, 1.165) is 12.8 Å².